The summed E-state index contributed by atoms with van der Waals surface area (Å²) in [5, 5.41) is 2.85. The second-order valence-corrected chi connectivity index (χ2v) is 5.86. The van der Waals surface area contributed by atoms with Gasteiger partial charge in [-0.25, -0.2) is 0 Å². The molecule has 0 spiro atoms. The number of carbonyl (C=O) groups is 1. The molecule has 0 radical (unpaired) electrons. The number of amides is 1. The number of rotatable bonds is 6. The van der Waals surface area contributed by atoms with E-state index < -0.39 is 0 Å². The minimum Gasteiger partial charge on any atom is -0.492 e. The Morgan fingerprint density at radius 3 is 2.62 bits per heavy atom. The fourth-order valence-electron chi connectivity index (χ4n) is 1.89. The van der Waals surface area contributed by atoms with Gasteiger partial charge in [-0.2, -0.15) is 0 Å². The number of benzene rings is 2. The molecule has 3 nitrogen and oxygen atoms in total. The molecule has 0 saturated carbocycles. The van der Waals surface area contributed by atoms with Crippen molar-refractivity contribution in [3.63, 3.8) is 0 Å². The van der Waals surface area contributed by atoms with Gasteiger partial charge in [-0.1, -0.05) is 25.1 Å². The molecule has 21 heavy (non-hydrogen) atoms. The number of ether oxygens (including phenoxy) is 1. The largest absolute Gasteiger partial charge is 0.492 e. The van der Waals surface area contributed by atoms with Crippen LogP contribution in [0.3, 0.4) is 0 Å². The van der Waals surface area contributed by atoms with E-state index in [9.17, 15) is 4.79 Å². The van der Waals surface area contributed by atoms with Crippen molar-refractivity contribution in [1.29, 1.82) is 0 Å². The van der Waals surface area contributed by atoms with E-state index in [0.717, 1.165) is 15.7 Å². The van der Waals surface area contributed by atoms with Crippen molar-refractivity contribution >= 4 is 28.5 Å². The van der Waals surface area contributed by atoms with Crippen molar-refractivity contribution in [3.8, 4) is 5.75 Å². The Morgan fingerprint density at radius 1 is 1.19 bits per heavy atom. The quantitative estimate of drug-likeness (QED) is 0.599. The normalized spacial score (nSPS) is 10.2. The number of halogens is 1. The zero-order valence-corrected chi connectivity index (χ0v) is 14.1. The summed E-state index contributed by atoms with van der Waals surface area (Å²) < 4.78 is 6.65. The molecular weight excluding hydrogens is 377 g/mol. The van der Waals surface area contributed by atoms with Gasteiger partial charge < -0.3 is 10.1 Å². The van der Waals surface area contributed by atoms with Gasteiger partial charge in [0.25, 0.3) is 5.91 Å². The minimum atomic E-state index is -0.0709. The van der Waals surface area contributed by atoms with Gasteiger partial charge in [-0.15, -0.1) is 0 Å². The van der Waals surface area contributed by atoms with E-state index in [1.807, 2.05) is 36.4 Å². The van der Waals surface area contributed by atoms with Crippen molar-refractivity contribution < 1.29 is 9.53 Å². The SMILES string of the molecule is CCc1ccc(OCCNC(=O)c2cccc(I)c2)cc1. The van der Waals surface area contributed by atoms with Crippen LogP contribution >= 0.6 is 22.6 Å². The van der Waals surface area contributed by atoms with E-state index in [1.54, 1.807) is 0 Å². The molecule has 0 bridgehead atoms. The lowest BCUT2D eigenvalue weighted by molar-refractivity contribution is 0.0947. The predicted octanol–water partition coefficient (Wildman–Crippen LogP) is 3.66. The van der Waals surface area contributed by atoms with Crippen LogP contribution in [-0.4, -0.2) is 19.1 Å². The van der Waals surface area contributed by atoms with Crippen LogP contribution in [0.1, 0.15) is 22.8 Å². The minimum absolute atomic E-state index is 0.0709. The zero-order valence-electron chi connectivity index (χ0n) is 11.9. The fraction of sp³-hybridized carbons (Fsp3) is 0.235. The number of hydrogen-bond donors (Lipinski definition) is 1. The molecule has 0 aromatic heterocycles. The Bertz CT molecular complexity index is 596. The molecule has 4 heteroatoms. The molecule has 1 amide bonds. The van der Waals surface area contributed by atoms with Crippen molar-refractivity contribution in [2.24, 2.45) is 0 Å². The maximum absolute atomic E-state index is 11.9. The van der Waals surface area contributed by atoms with Gasteiger partial charge in [0.05, 0.1) is 6.54 Å². The Morgan fingerprint density at radius 2 is 1.95 bits per heavy atom. The van der Waals surface area contributed by atoms with E-state index in [0.29, 0.717) is 18.7 Å². The summed E-state index contributed by atoms with van der Waals surface area (Å²) in [5.41, 5.74) is 1.96. The molecule has 0 aliphatic heterocycles. The van der Waals surface area contributed by atoms with E-state index in [4.69, 9.17) is 4.74 Å². The lowest BCUT2D eigenvalue weighted by atomic mass is 10.2. The Balaban J connectivity index is 1.75. The summed E-state index contributed by atoms with van der Waals surface area (Å²) in [5.74, 6) is 0.758. The first-order valence-electron chi connectivity index (χ1n) is 6.94. The van der Waals surface area contributed by atoms with E-state index >= 15 is 0 Å². The molecule has 0 saturated heterocycles. The zero-order chi connectivity index (χ0) is 15.1. The fourth-order valence-corrected chi connectivity index (χ4v) is 2.43. The van der Waals surface area contributed by atoms with Crippen molar-refractivity contribution in [2.45, 2.75) is 13.3 Å². The average molecular weight is 395 g/mol. The van der Waals surface area contributed by atoms with E-state index in [2.05, 4.69) is 47.0 Å². The lowest BCUT2D eigenvalue weighted by Crippen LogP contribution is -2.28. The topological polar surface area (TPSA) is 38.3 Å². The number of carbonyl (C=O) groups excluding carboxylic acids is 1. The summed E-state index contributed by atoms with van der Waals surface area (Å²) in [4.78, 5) is 11.9. The number of nitrogens with one attached hydrogen (secondary N) is 1. The van der Waals surface area contributed by atoms with Crippen LogP contribution < -0.4 is 10.1 Å². The summed E-state index contributed by atoms with van der Waals surface area (Å²) in [6, 6.07) is 15.5. The highest BCUT2D eigenvalue weighted by Crippen LogP contribution is 2.12. The third-order valence-corrected chi connectivity index (χ3v) is 3.75. The standard InChI is InChI=1S/C17H18INO2/c1-2-13-6-8-16(9-7-13)21-11-10-19-17(20)14-4-3-5-15(18)12-14/h3-9,12H,2,10-11H2,1H3,(H,19,20). The monoisotopic (exact) mass is 395 g/mol. The average Bonchev–Trinajstić information content (AvgIpc) is 2.52. The van der Waals surface area contributed by atoms with Crippen molar-refractivity contribution in [2.75, 3.05) is 13.2 Å². The smallest absolute Gasteiger partial charge is 0.251 e. The second-order valence-electron chi connectivity index (χ2n) is 4.61. The molecule has 0 aliphatic carbocycles. The first-order valence-corrected chi connectivity index (χ1v) is 8.02. The number of aryl methyl sites for hydroxylation is 1. The Kier molecular flexibility index (Phi) is 6.04. The highest BCUT2D eigenvalue weighted by molar-refractivity contribution is 14.1. The van der Waals surface area contributed by atoms with Crippen LogP contribution in [0.25, 0.3) is 0 Å². The van der Waals surface area contributed by atoms with Crippen LogP contribution in [-0.2, 0) is 6.42 Å². The third-order valence-electron chi connectivity index (χ3n) is 3.07. The van der Waals surface area contributed by atoms with E-state index in [1.165, 1.54) is 5.56 Å². The van der Waals surface area contributed by atoms with Gasteiger partial charge in [0.2, 0.25) is 0 Å². The van der Waals surface area contributed by atoms with Gasteiger partial charge in [0.15, 0.2) is 0 Å². The molecule has 0 unspecified atom stereocenters. The van der Waals surface area contributed by atoms with Gasteiger partial charge in [0, 0.05) is 9.13 Å². The molecule has 110 valence electrons. The first kappa shape index (κ1) is 15.8. The van der Waals surface area contributed by atoms with Crippen molar-refractivity contribution in [1.82, 2.24) is 5.32 Å². The summed E-state index contributed by atoms with van der Waals surface area (Å²) in [6.45, 7) is 3.07. The Labute approximate surface area is 138 Å². The Hall–Kier alpha value is -1.56. The maximum atomic E-state index is 11.9. The highest BCUT2D eigenvalue weighted by atomic mass is 127. The van der Waals surface area contributed by atoms with Crippen LogP contribution in [0.5, 0.6) is 5.75 Å². The van der Waals surface area contributed by atoms with Crippen LogP contribution in [0.15, 0.2) is 48.5 Å². The third kappa shape index (κ3) is 5.04. The summed E-state index contributed by atoms with van der Waals surface area (Å²) in [6.07, 6.45) is 1.02. The molecular formula is C17H18INO2. The first-order chi connectivity index (χ1) is 10.2. The molecule has 0 aliphatic rings. The van der Waals surface area contributed by atoms with Crippen molar-refractivity contribution in [3.05, 3.63) is 63.2 Å². The summed E-state index contributed by atoms with van der Waals surface area (Å²) in [7, 11) is 0. The number of hydrogen-bond acceptors (Lipinski definition) is 2. The molecule has 0 fully saturated rings. The second kappa shape index (κ2) is 8.02. The molecule has 2 rings (SSSR count). The summed E-state index contributed by atoms with van der Waals surface area (Å²) >= 11 is 2.19. The van der Waals surface area contributed by atoms with Gasteiger partial charge in [-0.05, 0) is 64.9 Å². The van der Waals surface area contributed by atoms with Crippen LogP contribution in [0.2, 0.25) is 0 Å². The molecule has 2 aromatic carbocycles. The molecule has 2 aromatic rings. The highest BCUT2D eigenvalue weighted by Gasteiger charge is 2.04. The molecule has 0 atom stereocenters. The van der Waals surface area contributed by atoms with Gasteiger partial charge in [0.1, 0.15) is 12.4 Å². The van der Waals surface area contributed by atoms with Crippen LogP contribution in [0, 0.1) is 3.57 Å². The molecule has 1 N–H and O–H groups in total. The van der Waals surface area contributed by atoms with E-state index in [-0.39, 0.29) is 5.91 Å². The predicted molar refractivity (Wildman–Crippen MR) is 92.8 cm³/mol. The van der Waals surface area contributed by atoms with Gasteiger partial charge in [-0.3, -0.25) is 4.79 Å². The van der Waals surface area contributed by atoms with Crippen LogP contribution in [0.4, 0.5) is 0 Å². The lowest BCUT2D eigenvalue weighted by Gasteiger charge is -2.08. The van der Waals surface area contributed by atoms with Gasteiger partial charge >= 0.3 is 0 Å². The molecule has 0 heterocycles. The maximum Gasteiger partial charge on any atom is 0.251 e.